The minimum atomic E-state index is -0.625. The molecule has 1 saturated heterocycles. The summed E-state index contributed by atoms with van der Waals surface area (Å²) in [5.41, 5.74) is 0.870. The molecule has 24 heavy (non-hydrogen) atoms. The third-order valence-corrected chi connectivity index (χ3v) is 3.81. The third-order valence-electron chi connectivity index (χ3n) is 3.81. The van der Waals surface area contributed by atoms with Gasteiger partial charge >= 0.3 is 0 Å². The summed E-state index contributed by atoms with van der Waals surface area (Å²) in [4.78, 5) is 22.7. The number of aromatic nitrogens is 2. The first-order chi connectivity index (χ1) is 11.5. The van der Waals surface area contributed by atoms with Gasteiger partial charge in [0.25, 0.3) is 5.56 Å². The van der Waals surface area contributed by atoms with Crippen molar-refractivity contribution in [2.45, 2.75) is 19.4 Å². The van der Waals surface area contributed by atoms with E-state index in [9.17, 15) is 9.18 Å². The molecule has 1 aromatic rings. The molecule has 1 fully saturated rings. The number of anilines is 1. The number of nitrogens with zero attached hydrogens (tertiary/aromatic N) is 4. The van der Waals surface area contributed by atoms with E-state index in [0.717, 1.165) is 19.2 Å². The van der Waals surface area contributed by atoms with Gasteiger partial charge in [0.15, 0.2) is 0 Å². The molecule has 0 spiro atoms. The van der Waals surface area contributed by atoms with Gasteiger partial charge in [-0.1, -0.05) is 6.58 Å². The van der Waals surface area contributed by atoms with Crippen LogP contribution in [0.15, 0.2) is 34.7 Å². The summed E-state index contributed by atoms with van der Waals surface area (Å²) in [6.45, 7) is 7.40. The van der Waals surface area contributed by atoms with Crippen LogP contribution in [0.2, 0.25) is 0 Å². The van der Waals surface area contributed by atoms with Crippen LogP contribution in [0.4, 0.5) is 10.3 Å². The number of halogens is 1. The molecule has 2 rings (SSSR count). The van der Waals surface area contributed by atoms with Crippen LogP contribution in [-0.2, 0) is 11.8 Å². The lowest BCUT2D eigenvalue weighted by Crippen LogP contribution is -2.39. The van der Waals surface area contributed by atoms with Crippen molar-refractivity contribution < 1.29 is 9.13 Å². The molecule has 1 atom stereocenters. The van der Waals surface area contributed by atoms with Crippen molar-refractivity contribution in [1.82, 2.24) is 9.55 Å². The Bertz CT molecular complexity index is 696. The average Bonchev–Trinajstić information content (AvgIpc) is 2.78. The maximum absolute atomic E-state index is 12.3. The van der Waals surface area contributed by atoms with Gasteiger partial charge in [-0.05, 0) is 25.0 Å². The molecular weight excluding hydrogens is 311 g/mol. The van der Waals surface area contributed by atoms with Gasteiger partial charge in [0, 0.05) is 38.7 Å². The zero-order valence-electron chi connectivity index (χ0n) is 14.1. The third kappa shape index (κ3) is 4.38. The van der Waals surface area contributed by atoms with Crippen LogP contribution in [0.3, 0.4) is 0 Å². The second-order valence-electron chi connectivity index (χ2n) is 5.64. The van der Waals surface area contributed by atoms with E-state index in [1.54, 1.807) is 13.1 Å². The van der Waals surface area contributed by atoms with E-state index < -0.39 is 6.67 Å². The SMILES string of the molecule is C=C(/C=C\N=CCF)c1cc(=O)n(C)c(N2CCCOCC2C)n1. The standard InChI is InChI=1S/C17H23FN4O2/c1-13(5-7-19-8-6-18)15-11-16(23)21(3)17(20-15)22-9-4-10-24-12-14(22)2/h5,7-8,11,14H,1,4,6,9-10,12H2,2-3H3/b7-5-,19-8?. The highest BCUT2D eigenvalue weighted by atomic mass is 19.1. The molecule has 0 amide bonds. The number of ether oxygens (including phenoxy) is 1. The minimum Gasteiger partial charge on any atom is -0.379 e. The van der Waals surface area contributed by atoms with Gasteiger partial charge in [0.1, 0.15) is 6.67 Å². The fraction of sp³-hybridized carbons (Fsp3) is 0.471. The molecule has 7 heteroatoms. The first-order valence-electron chi connectivity index (χ1n) is 7.90. The van der Waals surface area contributed by atoms with Crippen molar-refractivity contribution >= 4 is 17.7 Å². The Labute approximate surface area is 141 Å². The quantitative estimate of drug-likeness (QED) is 0.610. The van der Waals surface area contributed by atoms with Gasteiger partial charge in [0.2, 0.25) is 5.95 Å². The molecule has 0 bridgehead atoms. The fourth-order valence-corrected chi connectivity index (χ4v) is 2.47. The van der Waals surface area contributed by atoms with E-state index in [4.69, 9.17) is 4.74 Å². The summed E-state index contributed by atoms with van der Waals surface area (Å²) in [5, 5.41) is 0. The van der Waals surface area contributed by atoms with Crippen LogP contribution in [0.25, 0.3) is 5.57 Å². The number of alkyl halides is 1. The molecule has 6 nitrogen and oxygen atoms in total. The van der Waals surface area contributed by atoms with Crippen LogP contribution < -0.4 is 10.5 Å². The van der Waals surface area contributed by atoms with Crippen LogP contribution >= 0.6 is 0 Å². The van der Waals surface area contributed by atoms with Crippen LogP contribution in [0, 0.1) is 0 Å². The molecule has 1 unspecified atom stereocenters. The summed E-state index contributed by atoms with van der Waals surface area (Å²) in [5.74, 6) is 0.595. The summed E-state index contributed by atoms with van der Waals surface area (Å²) in [6, 6.07) is 1.56. The fourth-order valence-electron chi connectivity index (χ4n) is 2.47. The molecule has 1 aliphatic rings. The predicted octanol–water partition coefficient (Wildman–Crippen LogP) is 1.96. The first kappa shape index (κ1) is 18.1. The molecule has 0 N–H and O–H groups in total. The van der Waals surface area contributed by atoms with Gasteiger partial charge < -0.3 is 9.64 Å². The monoisotopic (exact) mass is 334 g/mol. The highest BCUT2D eigenvalue weighted by Crippen LogP contribution is 2.18. The smallest absolute Gasteiger partial charge is 0.255 e. The van der Waals surface area contributed by atoms with E-state index in [1.807, 2.05) is 6.92 Å². The van der Waals surface area contributed by atoms with Crippen molar-refractivity contribution in [3.8, 4) is 0 Å². The van der Waals surface area contributed by atoms with E-state index in [0.29, 0.717) is 30.4 Å². The molecule has 130 valence electrons. The van der Waals surface area contributed by atoms with Gasteiger partial charge in [-0.25, -0.2) is 9.37 Å². The summed E-state index contributed by atoms with van der Waals surface area (Å²) >= 11 is 0. The topological polar surface area (TPSA) is 59.7 Å². The highest BCUT2D eigenvalue weighted by Gasteiger charge is 2.22. The lowest BCUT2D eigenvalue weighted by molar-refractivity contribution is 0.137. The van der Waals surface area contributed by atoms with E-state index in [-0.39, 0.29) is 11.6 Å². The van der Waals surface area contributed by atoms with Crippen molar-refractivity contribution in [2.75, 3.05) is 31.3 Å². The minimum absolute atomic E-state index is 0.124. The molecular formula is C17H23FN4O2. The Kier molecular flexibility index (Phi) is 6.43. The first-order valence-corrected chi connectivity index (χ1v) is 7.90. The molecule has 0 radical (unpaired) electrons. The summed E-state index contributed by atoms with van der Waals surface area (Å²) in [6.07, 6.45) is 5.06. The molecule has 1 aliphatic heterocycles. The number of hydrogen-bond acceptors (Lipinski definition) is 5. The highest BCUT2D eigenvalue weighted by molar-refractivity contribution is 5.70. The molecule has 2 heterocycles. The van der Waals surface area contributed by atoms with Gasteiger partial charge in [-0.3, -0.25) is 14.4 Å². The number of aliphatic imine (C=N–C) groups is 1. The van der Waals surface area contributed by atoms with E-state index >= 15 is 0 Å². The predicted molar refractivity (Wildman–Crippen MR) is 94.4 cm³/mol. The second-order valence-corrected chi connectivity index (χ2v) is 5.64. The van der Waals surface area contributed by atoms with Crippen molar-refractivity contribution in [3.63, 3.8) is 0 Å². The zero-order chi connectivity index (χ0) is 17.5. The molecule has 0 aliphatic carbocycles. The molecule has 0 saturated carbocycles. The Morgan fingerprint density at radius 2 is 2.42 bits per heavy atom. The Balaban J connectivity index is 2.34. The van der Waals surface area contributed by atoms with Gasteiger partial charge in [0.05, 0.1) is 18.3 Å². The zero-order valence-corrected chi connectivity index (χ0v) is 14.1. The van der Waals surface area contributed by atoms with E-state index in [2.05, 4.69) is 21.5 Å². The average molecular weight is 334 g/mol. The molecule has 1 aromatic heterocycles. The van der Waals surface area contributed by atoms with Gasteiger partial charge in [-0.2, -0.15) is 0 Å². The number of allylic oxidation sites excluding steroid dienone is 2. The number of hydrogen-bond donors (Lipinski definition) is 0. The van der Waals surface area contributed by atoms with Crippen LogP contribution in [0.1, 0.15) is 19.0 Å². The van der Waals surface area contributed by atoms with Crippen LogP contribution in [-0.4, -0.2) is 48.2 Å². The van der Waals surface area contributed by atoms with E-state index in [1.165, 1.54) is 16.8 Å². The van der Waals surface area contributed by atoms with Crippen molar-refractivity contribution in [2.24, 2.45) is 12.0 Å². The van der Waals surface area contributed by atoms with Gasteiger partial charge in [-0.15, -0.1) is 0 Å². The number of rotatable bonds is 5. The molecule has 0 aromatic carbocycles. The lowest BCUT2D eigenvalue weighted by Gasteiger charge is -2.29. The summed E-state index contributed by atoms with van der Waals surface area (Å²) in [7, 11) is 1.71. The summed E-state index contributed by atoms with van der Waals surface area (Å²) < 4.78 is 19.1. The Morgan fingerprint density at radius 3 is 3.17 bits per heavy atom. The normalized spacial score (nSPS) is 19.1. The second kappa shape index (κ2) is 8.54. The van der Waals surface area contributed by atoms with Crippen molar-refractivity contribution in [3.05, 3.63) is 41.0 Å². The maximum atomic E-state index is 12.3. The Morgan fingerprint density at radius 1 is 1.62 bits per heavy atom. The Hall–Kier alpha value is -2.28. The van der Waals surface area contributed by atoms with Crippen LogP contribution in [0.5, 0.6) is 0 Å². The lowest BCUT2D eigenvalue weighted by atomic mass is 10.2. The van der Waals surface area contributed by atoms with Crippen molar-refractivity contribution in [1.29, 1.82) is 0 Å². The maximum Gasteiger partial charge on any atom is 0.255 e. The largest absolute Gasteiger partial charge is 0.379 e.